The van der Waals surface area contributed by atoms with Gasteiger partial charge in [-0.3, -0.25) is 14.5 Å². The normalized spacial score (nSPS) is 14.4. The maximum atomic E-state index is 13.2. The predicted octanol–water partition coefficient (Wildman–Crippen LogP) is 2.75. The molecular formula is C21H41N3O4. The Morgan fingerprint density at radius 3 is 2.18 bits per heavy atom. The molecule has 0 unspecified atom stereocenters. The summed E-state index contributed by atoms with van der Waals surface area (Å²) in [4.78, 5) is 40.2. The van der Waals surface area contributed by atoms with Crippen LogP contribution in [0.15, 0.2) is 0 Å². The van der Waals surface area contributed by atoms with E-state index < -0.39 is 23.5 Å². The molecule has 0 aliphatic heterocycles. The number of amides is 2. The van der Waals surface area contributed by atoms with Gasteiger partial charge in [0.05, 0.1) is 12.6 Å². The Morgan fingerprint density at radius 1 is 1.07 bits per heavy atom. The Kier molecular flexibility index (Phi) is 12.9. The van der Waals surface area contributed by atoms with Crippen molar-refractivity contribution in [3.05, 3.63) is 0 Å². The van der Waals surface area contributed by atoms with Gasteiger partial charge < -0.3 is 16.2 Å². The fourth-order valence-corrected chi connectivity index (χ4v) is 3.07. The fraction of sp³-hybridized carbons (Fsp3) is 0.857. The lowest BCUT2D eigenvalue weighted by Gasteiger charge is -2.39. The highest BCUT2D eigenvalue weighted by Gasteiger charge is 2.47. The molecule has 0 spiro atoms. The Hall–Kier alpha value is -1.47. The maximum Gasteiger partial charge on any atom is 0.332 e. The van der Waals surface area contributed by atoms with Crippen molar-refractivity contribution >= 4 is 17.8 Å². The number of hydrogen-bond acceptors (Lipinski definition) is 6. The lowest BCUT2D eigenvalue weighted by atomic mass is 9.90. The SMILES string of the molecule is CCCCOC(=O)[C@](C)(CCCN)N(C(=O)CCCC)C(=O)[C@@H](N)CC(C)C. The largest absolute Gasteiger partial charge is 0.464 e. The van der Waals surface area contributed by atoms with E-state index in [1.807, 2.05) is 27.7 Å². The molecule has 0 fully saturated rings. The van der Waals surface area contributed by atoms with Crippen LogP contribution in [0.1, 0.15) is 86.0 Å². The number of unbranched alkanes of at least 4 members (excludes halogenated alkanes) is 2. The third-order valence-corrected chi connectivity index (χ3v) is 4.79. The van der Waals surface area contributed by atoms with E-state index in [0.29, 0.717) is 25.8 Å². The fourth-order valence-electron chi connectivity index (χ4n) is 3.07. The molecule has 0 aromatic heterocycles. The Bertz CT molecular complexity index is 496. The molecule has 0 heterocycles. The highest BCUT2D eigenvalue weighted by molar-refractivity contribution is 6.03. The monoisotopic (exact) mass is 399 g/mol. The smallest absolute Gasteiger partial charge is 0.332 e. The van der Waals surface area contributed by atoms with Crippen LogP contribution in [0.5, 0.6) is 0 Å². The molecule has 4 N–H and O–H groups in total. The van der Waals surface area contributed by atoms with E-state index in [1.54, 1.807) is 6.92 Å². The number of hydrogen-bond donors (Lipinski definition) is 2. The van der Waals surface area contributed by atoms with Crippen LogP contribution >= 0.6 is 0 Å². The number of esters is 1. The van der Waals surface area contributed by atoms with Crippen molar-refractivity contribution in [2.45, 2.75) is 97.6 Å². The van der Waals surface area contributed by atoms with E-state index in [-0.39, 0.29) is 31.3 Å². The van der Waals surface area contributed by atoms with Gasteiger partial charge in [0.25, 0.3) is 0 Å². The zero-order chi connectivity index (χ0) is 21.7. The first kappa shape index (κ1) is 26.5. The number of ether oxygens (including phenoxy) is 1. The highest BCUT2D eigenvalue weighted by Crippen LogP contribution is 2.27. The van der Waals surface area contributed by atoms with Gasteiger partial charge in [0, 0.05) is 6.42 Å². The summed E-state index contributed by atoms with van der Waals surface area (Å²) >= 11 is 0. The summed E-state index contributed by atoms with van der Waals surface area (Å²) in [6, 6.07) is -0.841. The molecule has 2 atom stereocenters. The Labute approximate surface area is 170 Å². The minimum absolute atomic E-state index is 0.192. The molecule has 0 radical (unpaired) electrons. The average Bonchev–Trinajstić information content (AvgIpc) is 2.64. The lowest BCUT2D eigenvalue weighted by Crippen LogP contribution is -2.62. The third-order valence-electron chi connectivity index (χ3n) is 4.79. The van der Waals surface area contributed by atoms with Crippen LogP contribution in [0.4, 0.5) is 0 Å². The summed E-state index contributed by atoms with van der Waals surface area (Å²) in [6.45, 7) is 10.1. The molecule has 0 aromatic carbocycles. The summed E-state index contributed by atoms with van der Waals surface area (Å²) in [7, 11) is 0. The van der Waals surface area contributed by atoms with Gasteiger partial charge in [-0.1, -0.05) is 40.5 Å². The number of rotatable bonds is 14. The van der Waals surface area contributed by atoms with Crippen molar-refractivity contribution in [1.29, 1.82) is 0 Å². The van der Waals surface area contributed by atoms with Crippen LogP contribution in [0.25, 0.3) is 0 Å². The van der Waals surface area contributed by atoms with Crippen molar-refractivity contribution in [2.24, 2.45) is 17.4 Å². The zero-order valence-corrected chi connectivity index (χ0v) is 18.5. The lowest BCUT2D eigenvalue weighted by molar-refractivity contribution is -0.170. The molecule has 28 heavy (non-hydrogen) atoms. The Morgan fingerprint density at radius 2 is 1.68 bits per heavy atom. The van der Waals surface area contributed by atoms with Gasteiger partial charge in [-0.15, -0.1) is 0 Å². The van der Waals surface area contributed by atoms with E-state index in [2.05, 4.69) is 0 Å². The summed E-state index contributed by atoms with van der Waals surface area (Å²) in [5.74, 6) is -1.26. The van der Waals surface area contributed by atoms with Gasteiger partial charge in [-0.25, -0.2) is 4.79 Å². The molecular weight excluding hydrogens is 358 g/mol. The average molecular weight is 400 g/mol. The summed E-state index contributed by atoms with van der Waals surface area (Å²) in [5.41, 5.74) is 10.4. The Balaban J connectivity index is 5.87. The third kappa shape index (κ3) is 8.27. The van der Waals surface area contributed by atoms with Crippen LogP contribution in [-0.2, 0) is 19.1 Å². The topological polar surface area (TPSA) is 116 Å². The quantitative estimate of drug-likeness (QED) is 0.343. The minimum Gasteiger partial charge on any atom is -0.464 e. The van der Waals surface area contributed by atoms with Crippen molar-refractivity contribution in [2.75, 3.05) is 13.2 Å². The molecule has 2 amide bonds. The van der Waals surface area contributed by atoms with Crippen LogP contribution in [0, 0.1) is 5.92 Å². The van der Waals surface area contributed by atoms with Crippen molar-refractivity contribution in [3.8, 4) is 0 Å². The van der Waals surface area contributed by atoms with Crippen LogP contribution in [0.2, 0.25) is 0 Å². The molecule has 0 rings (SSSR count). The molecule has 7 nitrogen and oxygen atoms in total. The standard InChI is InChI=1S/C21H41N3O4/c1-6-8-11-18(25)24(19(26)17(23)15-16(3)4)21(5,12-10-13-22)20(27)28-14-9-7-2/h16-17H,6-15,22-23H2,1-5H3/t17-,21-/m0/s1. The molecule has 164 valence electrons. The second kappa shape index (κ2) is 13.7. The first-order chi connectivity index (χ1) is 13.1. The number of carbonyl (C=O) groups excluding carboxylic acids is 3. The van der Waals surface area contributed by atoms with Crippen molar-refractivity contribution in [3.63, 3.8) is 0 Å². The minimum atomic E-state index is -1.40. The van der Waals surface area contributed by atoms with Gasteiger partial charge in [-0.2, -0.15) is 0 Å². The second-order valence-corrected chi connectivity index (χ2v) is 8.06. The van der Waals surface area contributed by atoms with E-state index >= 15 is 0 Å². The van der Waals surface area contributed by atoms with Gasteiger partial charge >= 0.3 is 5.97 Å². The number of carbonyl (C=O) groups is 3. The zero-order valence-electron chi connectivity index (χ0n) is 18.5. The molecule has 0 aromatic rings. The molecule has 7 heteroatoms. The summed E-state index contributed by atoms with van der Waals surface area (Å²) in [5, 5.41) is 0. The molecule has 0 bridgehead atoms. The van der Waals surface area contributed by atoms with E-state index in [0.717, 1.165) is 24.2 Å². The number of imide groups is 1. The van der Waals surface area contributed by atoms with Gasteiger partial charge in [0.1, 0.15) is 5.54 Å². The van der Waals surface area contributed by atoms with Crippen molar-refractivity contribution < 1.29 is 19.1 Å². The van der Waals surface area contributed by atoms with Gasteiger partial charge in [0.2, 0.25) is 11.8 Å². The van der Waals surface area contributed by atoms with Crippen LogP contribution in [0.3, 0.4) is 0 Å². The molecule has 0 saturated heterocycles. The first-order valence-corrected chi connectivity index (χ1v) is 10.6. The number of nitrogens with zero attached hydrogens (tertiary/aromatic N) is 1. The van der Waals surface area contributed by atoms with Gasteiger partial charge in [-0.05, 0) is 51.5 Å². The summed E-state index contributed by atoms with van der Waals surface area (Å²) in [6.07, 6.45) is 4.43. The predicted molar refractivity (Wildman–Crippen MR) is 111 cm³/mol. The molecule has 0 saturated carbocycles. The van der Waals surface area contributed by atoms with E-state index in [9.17, 15) is 14.4 Å². The van der Waals surface area contributed by atoms with Crippen LogP contribution < -0.4 is 11.5 Å². The highest BCUT2D eigenvalue weighted by atomic mass is 16.5. The molecule has 0 aliphatic rings. The van der Waals surface area contributed by atoms with E-state index in [1.165, 1.54) is 0 Å². The number of nitrogens with two attached hydrogens (primary N) is 2. The molecule has 0 aliphatic carbocycles. The first-order valence-electron chi connectivity index (χ1n) is 10.6. The maximum absolute atomic E-state index is 13.2. The van der Waals surface area contributed by atoms with E-state index in [4.69, 9.17) is 16.2 Å². The van der Waals surface area contributed by atoms with Crippen LogP contribution in [-0.4, -0.2) is 47.4 Å². The van der Waals surface area contributed by atoms with Gasteiger partial charge in [0.15, 0.2) is 0 Å². The summed E-state index contributed by atoms with van der Waals surface area (Å²) < 4.78 is 5.42. The second-order valence-electron chi connectivity index (χ2n) is 8.06. The van der Waals surface area contributed by atoms with Crippen molar-refractivity contribution in [1.82, 2.24) is 4.90 Å².